The van der Waals surface area contributed by atoms with Gasteiger partial charge in [-0.2, -0.15) is 0 Å². The summed E-state index contributed by atoms with van der Waals surface area (Å²) in [6.07, 6.45) is -0.295. The Morgan fingerprint density at radius 3 is 2.57 bits per heavy atom. The standard InChI is InChI=1S/C15H20FNO4/c1-15(2,3)21-14(20)17-12(13(18)19)8-7-10-5-4-6-11(16)9-10/h4-6,9,12H,7-8H2,1-3H3,(H,17,20)(H,18,19)/t12-/m1/s1. The molecule has 5 nitrogen and oxygen atoms in total. The van der Waals surface area contributed by atoms with E-state index in [1.807, 2.05) is 0 Å². The molecule has 0 aromatic heterocycles. The molecule has 0 heterocycles. The van der Waals surface area contributed by atoms with Crippen LogP contribution >= 0.6 is 0 Å². The minimum absolute atomic E-state index is 0.151. The topological polar surface area (TPSA) is 75.6 Å². The lowest BCUT2D eigenvalue weighted by Gasteiger charge is -2.22. The Morgan fingerprint density at radius 2 is 2.05 bits per heavy atom. The van der Waals surface area contributed by atoms with Crippen LogP contribution in [0, 0.1) is 5.82 Å². The number of carbonyl (C=O) groups is 2. The summed E-state index contributed by atoms with van der Waals surface area (Å²) in [4.78, 5) is 22.7. The molecule has 6 heteroatoms. The van der Waals surface area contributed by atoms with Crippen LogP contribution in [0.5, 0.6) is 0 Å². The highest BCUT2D eigenvalue weighted by Gasteiger charge is 2.23. The number of aliphatic carboxylic acids is 1. The molecule has 1 aromatic carbocycles. The summed E-state index contributed by atoms with van der Waals surface area (Å²) in [5.74, 6) is -1.53. The lowest BCUT2D eigenvalue weighted by Crippen LogP contribution is -2.43. The van der Waals surface area contributed by atoms with Crippen molar-refractivity contribution in [3.63, 3.8) is 0 Å². The van der Waals surface area contributed by atoms with Crippen LogP contribution in [0.1, 0.15) is 32.8 Å². The van der Waals surface area contributed by atoms with E-state index in [0.717, 1.165) is 0 Å². The number of carbonyl (C=O) groups excluding carboxylic acids is 1. The van der Waals surface area contributed by atoms with Gasteiger partial charge in [0.25, 0.3) is 0 Å². The van der Waals surface area contributed by atoms with Gasteiger partial charge in [0.2, 0.25) is 0 Å². The third kappa shape index (κ3) is 6.74. The van der Waals surface area contributed by atoms with Gasteiger partial charge in [0.1, 0.15) is 17.5 Å². The highest BCUT2D eigenvalue weighted by atomic mass is 19.1. The fourth-order valence-electron chi connectivity index (χ4n) is 1.71. The average molecular weight is 297 g/mol. The van der Waals surface area contributed by atoms with Crippen molar-refractivity contribution in [1.82, 2.24) is 5.32 Å². The molecule has 2 N–H and O–H groups in total. The van der Waals surface area contributed by atoms with Crippen LogP contribution in [-0.4, -0.2) is 28.8 Å². The maximum atomic E-state index is 13.0. The summed E-state index contributed by atoms with van der Waals surface area (Å²) in [5, 5.41) is 11.4. The fraction of sp³-hybridized carbons (Fsp3) is 0.467. The second-order valence-electron chi connectivity index (χ2n) is 5.71. The van der Waals surface area contributed by atoms with E-state index in [0.29, 0.717) is 12.0 Å². The number of amides is 1. The lowest BCUT2D eigenvalue weighted by atomic mass is 10.1. The zero-order valence-corrected chi connectivity index (χ0v) is 12.4. The average Bonchev–Trinajstić information content (AvgIpc) is 2.32. The van der Waals surface area contributed by atoms with Gasteiger partial charge < -0.3 is 15.2 Å². The smallest absolute Gasteiger partial charge is 0.408 e. The summed E-state index contributed by atoms with van der Waals surface area (Å²) in [7, 11) is 0. The molecule has 1 aromatic rings. The van der Waals surface area contributed by atoms with Crippen molar-refractivity contribution in [1.29, 1.82) is 0 Å². The molecular weight excluding hydrogens is 277 g/mol. The minimum Gasteiger partial charge on any atom is -0.480 e. The third-order valence-electron chi connectivity index (χ3n) is 2.60. The zero-order chi connectivity index (χ0) is 16.0. The van der Waals surface area contributed by atoms with E-state index >= 15 is 0 Å². The number of alkyl carbamates (subject to hydrolysis) is 1. The van der Waals surface area contributed by atoms with E-state index in [1.165, 1.54) is 12.1 Å². The van der Waals surface area contributed by atoms with Gasteiger partial charge >= 0.3 is 12.1 Å². The molecule has 0 aliphatic heterocycles. The number of carboxylic acids is 1. The summed E-state index contributed by atoms with van der Waals surface area (Å²) >= 11 is 0. The number of hydrogen-bond donors (Lipinski definition) is 2. The fourth-order valence-corrected chi connectivity index (χ4v) is 1.71. The van der Waals surface area contributed by atoms with Gasteiger partial charge in [-0.3, -0.25) is 0 Å². The Kier molecular flexibility index (Phi) is 5.69. The predicted octanol–water partition coefficient (Wildman–Crippen LogP) is 2.74. The third-order valence-corrected chi connectivity index (χ3v) is 2.60. The molecule has 0 aliphatic carbocycles. The van der Waals surface area contributed by atoms with E-state index in [-0.39, 0.29) is 12.2 Å². The van der Waals surface area contributed by atoms with Crippen molar-refractivity contribution in [2.45, 2.75) is 45.3 Å². The SMILES string of the molecule is CC(C)(C)OC(=O)N[C@H](CCc1cccc(F)c1)C(=O)O. The quantitative estimate of drug-likeness (QED) is 0.876. The van der Waals surface area contributed by atoms with E-state index < -0.39 is 23.7 Å². The van der Waals surface area contributed by atoms with E-state index in [4.69, 9.17) is 9.84 Å². The summed E-state index contributed by atoms with van der Waals surface area (Å²) in [6, 6.07) is 4.84. The largest absolute Gasteiger partial charge is 0.480 e. The number of carboxylic acid groups (broad SMARTS) is 1. The predicted molar refractivity (Wildman–Crippen MR) is 75.5 cm³/mol. The Bertz CT molecular complexity index is 511. The Morgan fingerprint density at radius 1 is 1.38 bits per heavy atom. The van der Waals surface area contributed by atoms with Crippen molar-refractivity contribution in [3.05, 3.63) is 35.6 Å². The van der Waals surface area contributed by atoms with Gasteiger partial charge in [0, 0.05) is 0 Å². The summed E-state index contributed by atoms with van der Waals surface area (Å²) in [6.45, 7) is 5.07. The number of halogens is 1. The molecule has 0 bridgehead atoms. The lowest BCUT2D eigenvalue weighted by molar-refractivity contribution is -0.139. The monoisotopic (exact) mass is 297 g/mol. The maximum absolute atomic E-state index is 13.0. The second-order valence-corrected chi connectivity index (χ2v) is 5.71. The molecule has 1 rings (SSSR count). The van der Waals surface area contributed by atoms with Crippen molar-refractivity contribution in [2.24, 2.45) is 0 Å². The van der Waals surface area contributed by atoms with Crippen molar-refractivity contribution in [2.75, 3.05) is 0 Å². The van der Waals surface area contributed by atoms with Gasteiger partial charge in [-0.05, 0) is 51.3 Å². The van der Waals surface area contributed by atoms with E-state index in [9.17, 15) is 14.0 Å². The number of aryl methyl sites for hydroxylation is 1. The number of rotatable bonds is 5. The molecule has 0 spiro atoms. The molecule has 0 saturated carbocycles. The van der Waals surface area contributed by atoms with Gasteiger partial charge in [-0.25, -0.2) is 14.0 Å². The van der Waals surface area contributed by atoms with Gasteiger partial charge in [0.05, 0.1) is 0 Å². The molecule has 0 radical (unpaired) electrons. The Hall–Kier alpha value is -2.11. The van der Waals surface area contributed by atoms with Gasteiger partial charge in [-0.15, -0.1) is 0 Å². The van der Waals surface area contributed by atoms with Crippen LogP contribution in [-0.2, 0) is 16.0 Å². The number of nitrogens with one attached hydrogen (secondary N) is 1. The highest BCUT2D eigenvalue weighted by molar-refractivity contribution is 5.80. The number of hydrogen-bond acceptors (Lipinski definition) is 3. The van der Waals surface area contributed by atoms with Gasteiger partial charge in [-0.1, -0.05) is 12.1 Å². The number of benzene rings is 1. The minimum atomic E-state index is -1.16. The summed E-state index contributed by atoms with van der Waals surface area (Å²) in [5.41, 5.74) is -0.0253. The first-order valence-corrected chi connectivity index (χ1v) is 6.64. The van der Waals surface area contributed by atoms with E-state index in [1.54, 1.807) is 32.9 Å². The first kappa shape index (κ1) is 16.9. The van der Waals surface area contributed by atoms with Crippen molar-refractivity contribution >= 4 is 12.1 Å². The molecular formula is C15H20FNO4. The van der Waals surface area contributed by atoms with Crippen molar-refractivity contribution < 1.29 is 23.8 Å². The maximum Gasteiger partial charge on any atom is 0.408 e. The summed E-state index contributed by atoms with van der Waals surface area (Å²) < 4.78 is 18.1. The van der Waals surface area contributed by atoms with Crippen LogP contribution in [0.25, 0.3) is 0 Å². The molecule has 116 valence electrons. The van der Waals surface area contributed by atoms with Crippen LogP contribution < -0.4 is 5.32 Å². The Labute approximate surface area is 123 Å². The zero-order valence-electron chi connectivity index (χ0n) is 12.4. The first-order chi connectivity index (χ1) is 9.67. The van der Waals surface area contributed by atoms with Crippen LogP contribution in [0.4, 0.5) is 9.18 Å². The molecule has 0 aliphatic rings. The molecule has 0 saturated heterocycles. The molecule has 21 heavy (non-hydrogen) atoms. The first-order valence-electron chi connectivity index (χ1n) is 6.64. The van der Waals surface area contributed by atoms with Gasteiger partial charge in [0.15, 0.2) is 0 Å². The van der Waals surface area contributed by atoms with Crippen molar-refractivity contribution in [3.8, 4) is 0 Å². The normalized spacial score (nSPS) is 12.6. The van der Waals surface area contributed by atoms with Crippen LogP contribution in [0.2, 0.25) is 0 Å². The molecule has 1 amide bonds. The molecule has 0 fully saturated rings. The Balaban J connectivity index is 2.58. The second kappa shape index (κ2) is 7.06. The molecule has 1 atom stereocenters. The highest BCUT2D eigenvalue weighted by Crippen LogP contribution is 2.10. The molecule has 0 unspecified atom stereocenters. The van der Waals surface area contributed by atoms with E-state index in [2.05, 4.69) is 5.32 Å². The van der Waals surface area contributed by atoms with Crippen LogP contribution in [0.15, 0.2) is 24.3 Å². The van der Waals surface area contributed by atoms with Crippen LogP contribution in [0.3, 0.4) is 0 Å². The number of ether oxygens (including phenoxy) is 1.